The van der Waals surface area contributed by atoms with Crippen LogP contribution >= 0.6 is 0 Å². The van der Waals surface area contributed by atoms with Crippen LogP contribution < -0.4 is 0 Å². The van der Waals surface area contributed by atoms with Crippen molar-refractivity contribution in [3.05, 3.63) is 12.7 Å². The highest BCUT2D eigenvalue weighted by molar-refractivity contribution is 4.74. The first-order chi connectivity index (χ1) is 5.20. The number of hydrogen-bond acceptors (Lipinski definition) is 0. The van der Waals surface area contributed by atoms with Gasteiger partial charge in [0.1, 0.15) is 0 Å². The maximum Gasteiger partial charge on any atom is -0.0265 e. The van der Waals surface area contributed by atoms with Crippen LogP contribution in [0.2, 0.25) is 0 Å². The summed E-state index contributed by atoms with van der Waals surface area (Å²) in [5.74, 6) is 1.62. The van der Waals surface area contributed by atoms with Gasteiger partial charge < -0.3 is 0 Å². The molecule has 0 saturated heterocycles. The summed E-state index contributed by atoms with van der Waals surface area (Å²) in [6, 6.07) is 0. The standard InChI is InChI=1S/C11H22/c1-5-10(3)8-7-9-11(4)6-2/h5,10-11H,1,6-9H2,2-4H3. The van der Waals surface area contributed by atoms with E-state index in [1.807, 2.05) is 0 Å². The molecule has 2 atom stereocenters. The molecule has 0 spiro atoms. The van der Waals surface area contributed by atoms with Gasteiger partial charge in [-0.2, -0.15) is 0 Å². The maximum absolute atomic E-state index is 3.78. The zero-order valence-electron chi connectivity index (χ0n) is 8.27. The zero-order valence-corrected chi connectivity index (χ0v) is 8.27. The van der Waals surface area contributed by atoms with Crippen molar-refractivity contribution in [3.8, 4) is 0 Å². The summed E-state index contributed by atoms with van der Waals surface area (Å²) >= 11 is 0. The van der Waals surface area contributed by atoms with E-state index in [-0.39, 0.29) is 0 Å². The Bertz CT molecular complexity index is 94.2. The van der Waals surface area contributed by atoms with E-state index >= 15 is 0 Å². The van der Waals surface area contributed by atoms with E-state index in [2.05, 4.69) is 33.4 Å². The predicted octanol–water partition coefficient (Wildman–Crippen LogP) is 4.02. The lowest BCUT2D eigenvalue weighted by molar-refractivity contribution is 0.462. The van der Waals surface area contributed by atoms with Crippen LogP contribution in [-0.2, 0) is 0 Å². The molecular formula is C11H22. The number of allylic oxidation sites excluding steroid dienone is 1. The summed E-state index contributed by atoms with van der Waals surface area (Å²) in [7, 11) is 0. The van der Waals surface area contributed by atoms with E-state index in [1.165, 1.54) is 25.7 Å². The van der Waals surface area contributed by atoms with Gasteiger partial charge in [0, 0.05) is 0 Å². The summed E-state index contributed by atoms with van der Waals surface area (Å²) < 4.78 is 0. The quantitative estimate of drug-likeness (QED) is 0.507. The van der Waals surface area contributed by atoms with Crippen LogP contribution in [0.1, 0.15) is 46.5 Å². The third kappa shape index (κ3) is 6.15. The normalized spacial score (nSPS) is 15.9. The zero-order chi connectivity index (χ0) is 8.69. The Kier molecular flexibility index (Phi) is 6.30. The van der Waals surface area contributed by atoms with Crippen LogP contribution in [-0.4, -0.2) is 0 Å². The van der Waals surface area contributed by atoms with Crippen LogP contribution in [0.4, 0.5) is 0 Å². The molecule has 0 aliphatic carbocycles. The van der Waals surface area contributed by atoms with Crippen molar-refractivity contribution in [2.24, 2.45) is 11.8 Å². The molecule has 0 heterocycles. The third-order valence-electron chi connectivity index (χ3n) is 2.46. The first-order valence-corrected chi connectivity index (χ1v) is 4.83. The SMILES string of the molecule is C=CC(C)CCCC(C)CC. The molecule has 0 fully saturated rings. The molecule has 0 aliphatic rings. The van der Waals surface area contributed by atoms with Gasteiger partial charge in [-0.05, 0) is 18.3 Å². The van der Waals surface area contributed by atoms with Crippen LogP contribution in [0.15, 0.2) is 12.7 Å². The first-order valence-electron chi connectivity index (χ1n) is 4.83. The minimum atomic E-state index is 0.707. The largest absolute Gasteiger partial charge is 0.103 e. The molecule has 0 amide bonds. The van der Waals surface area contributed by atoms with Crippen molar-refractivity contribution < 1.29 is 0 Å². The number of rotatable bonds is 6. The summed E-state index contributed by atoms with van der Waals surface area (Å²) in [4.78, 5) is 0. The second-order valence-corrected chi connectivity index (χ2v) is 3.66. The lowest BCUT2D eigenvalue weighted by Gasteiger charge is -2.09. The molecule has 11 heavy (non-hydrogen) atoms. The lowest BCUT2D eigenvalue weighted by atomic mass is 9.97. The van der Waals surface area contributed by atoms with Crippen molar-refractivity contribution in [2.45, 2.75) is 46.5 Å². The highest BCUT2D eigenvalue weighted by Gasteiger charge is 2.00. The van der Waals surface area contributed by atoms with Gasteiger partial charge in [-0.15, -0.1) is 6.58 Å². The van der Waals surface area contributed by atoms with Crippen LogP contribution in [0.5, 0.6) is 0 Å². The summed E-state index contributed by atoms with van der Waals surface area (Å²) in [6.45, 7) is 10.6. The molecule has 0 heteroatoms. The van der Waals surface area contributed by atoms with Gasteiger partial charge in [0.15, 0.2) is 0 Å². The molecule has 0 aliphatic heterocycles. The molecule has 0 aromatic carbocycles. The molecule has 0 bridgehead atoms. The van der Waals surface area contributed by atoms with Gasteiger partial charge in [-0.3, -0.25) is 0 Å². The third-order valence-corrected chi connectivity index (χ3v) is 2.46. The van der Waals surface area contributed by atoms with E-state index in [0.717, 1.165) is 5.92 Å². The minimum absolute atomic E-state index is 0.707. The molecule has 2 unspecified atom stereocenters. The van der Waals surface area contributed by atoms with Gasteiger partial charge >= 0.3 is 0 Å². The lowest BCUT2D eigenvalue weighted by Crippen LogP contribution is -1.94. The van der Waals surface area contributed by atoms with Crippen molar-refractivity contribution in [3.63, 3.8) is 0 Å². The highest BCUT2D eigenvalue weighted by Crippen LogP contribution is 2.14. The second kappa shape index (κ2) is 6.45. The fourth-order valence-electron chi connectivity index (χ4n) is 1.11. The molecule has 66 valence electrons. The van der Waals surface area contributed by atoms with Crippen molar-refractivity contribution >= 4 is 0 Å². The molecule has 0 aromatic heterocycles. The van der Waals surface area contributed by atoms with Crippen LogP contribution in [0, 0.1) is 11.8 Å². The van der Waals surface area contributed by atoms with E-state index in [1.54, 1.807) is 0 Å². The van der Waals surface area contributed by atoms with Gasteiger partial charge in [0.2, 0.25) is 0 Å². The fourth-order valence-corrected chi connectivity index (χ4v) is 1.11. The minimum Gasteiger partial charge on any atom is -0.103 e. The monoisotopic (exact) mass is 154 g/mol. The van der Waals surface area contributed by atoms with Crippen molar-refractivity contribution in [1.82, 2.24) is 0 Å². The second-order valence-electron chi connectivity index (χ2n) is 3.66. The molecule has 0 radical (unpaired) electrons. The van der Waals surface area contributed by atoms with Gasteiger partial charge in [0.05, 0.1) is 0 Å². The fraction of sp³-hybridized carbons (Fsp3) is 0.818. The van der Waals surface area contributed by atoms with E-state index in [0.29, 0.717) is 5.92 Å². The number of hydrogen-bond donors (Lipinski definition) is 0. The molecule has 0 N–H and O–H groups in total. The van der Waals surface area contributed by atoms with E-state index < -0.39 is 0 Å². The molecule has 0 aromatic rings. The molecular weight excluding hydrogens is 132 g/mol. The average Bonchev–Trinajstić information content (AvgIpc) is 2.04. The maximum atomic E-state index is 3.78. The first kappa shape index (κ1) is 10.7. The molecule has 0 nitrogen and oxygen atoms in total. The van der Waals surface area contributed by atoms with Gasteiger partial charge in [0.25, 0.3) is 0 Å². The van der Waals surface area contributed by atoms with Gasteiger partial charge in [-0.25, -0.2) is 0 Å². The molecule has 0 rings (SSSR count). The smallest absolute Gasteiger partial charge is 0.0265 e. The summed E-state index contributed by atoms with van der Waals surface area (Å²) in [5, 5.41) is 0. The predicted molar refractivity (Wildman–Crippen MR) is 52.7 cm³/mol. The van der Waals surface area contributed by atoms with E-state index in [9.17, 15) is 0 Å². The van der Waals surface area contributed by atoms with Crippen LogP contribution in [0.3, 0.4) is 0 Å². The Morgan fingerprint density at radius 1 is 1.27 bits per heavy atom. The van der Waals surface area contributed by atoms with E-state index in [4.69, 9.17) is 0 Å². The Morgan fingerprint density at radius 3 is 2.36 bits per heavy atom. The summed E-state index contributed by atoms with van der Waals surface area (Å²) in [6.07, 6.45) is 7.43. The van der Waals surface area contributed by atoms with Crippen molar-refractivity contribution in [1.29, 1.82) is 0 Å². The Balaban J connectivity index is 3.19. The average molecular weight is 154 g/mol. The highest BCUT2D eigenvalue weighted by atomic mass is 14.1. The van der Waals surface area contributed by atoms with Gasteiger partial charge in [-0.1, -0.05) is 46.1 Å². The topological polar surface area (TPSA) is 0 Å². The molecule has 0 saturated carbocycles. The Morgan fingerprint density at radius 2 is 1.91 bits per heavy atom. The Labute approximate surface area is 71.7 Å². The van der Waals surface area contributed by atoms with Crippen molar-refractivity contribution in [2.75, 3.05) is 0 Å². The summed E-state index contributed by atoms with van der Waals surface area (Å²) in [5.41, 5.74) is 0. The van der Waals surface area contributed by atoms with Crippen LogP contribution in [0.25, 0.3) is 0 Å². The Hall–Kier alpha value is -0.260.